The van der Waals surface area contributed by atoms with Gasteiger partial charge in [0.25, 0.3) is 11.5 Å². The zero-order valence-corrected chi connectivity index (χ0v) is 17.8. The highest BCUT2D eigenvalue weighted by Crippen LogP contribution is 2.23. The molecular weight excluding hydrogens is 428 g/mol. The van der Waals surface area contributed by atoms with Gasteiger partial charge < -0.3 is 10.1 Å². The third kappa shape index (κ3) is 4.47. The van der Waals surface area contributed by atoms with E-state index >= 15 is 0 Å². The molecule has 32 heavy (non-hydrogen) atoms. The fraction of sp³-hybridized carbons (Fsp3) is 0.0870. The Hall–Kier alpha value is -4.11. The third-order valence-corrected chi connectivity index (χ3v) is 5.47. The maximum absolute atomic E-state index is 13.1. The first-order valence-electron chi connectivity index (χ1n) is 9.60. The number of rotatable bonds is 6. The monoisotopic (exact) mass is 446 g/mol. The lowest BCUT2D eigenvalue weighted by atomic mass is 10.1. The van der Waals surface area contributed by atoms with Gasteiger partial charge in [0.15, 0.2) is 0 Å². The molecule has 0 saturated carbocycles. The van der Waals surface area contributed by atoms with E-state index in [2.05, 4.69) is 15.3 Å². The van der Waals surface area contributed by atoms with Gasteiger partial charge in [0.1, 0.15) is 23.1 Å². The van der Waals surface area contributed by atoms with Crippen LogP contribution in [-0.2, 0) is 16.1 Å². The van der Waals surface area contributed by atoms with Crippen LogP contribution in [0.4, 0.5) is 5.69 Å². The molecule has 8 nitrogen and oxygen atoms in total. The molecule has 0 fully saturated rings. The van der Waals surface area contributed by atoms with Crippen molar-refractivity contribution in [2.45, 2.75) is 6.54 Å². The van der Waals surface area contributed by atoms with E-state index < -0.39 is 17.4 Å². The number of carbonyl (C=O) groups excluding carboxylic acids is 2. The third-order valence-electron chi connectivity index (χ3n) is 4.65. The van der Waals surface area contributed by atoms with E-state index in [1.165, 1.54) is 29.2 Å². The van der Waals surface area contributed by atoms with Crippen molar-refractivity contribution in [1.82, 2.24) is 14.5 Å². The lowest BCUT2D eigenvalue weighted by molar-refractivity contribution is -0.141. The maximum atomic E-state index is 13.1. The smallest absolute Gasteiger partial charge is 0.325 e. The number of benzene rings is 2. The summed E-state index contributed by atoms with van der Waals surface area (Å²) in [7, 11) is 1.24. The Bertz CT molecular complexity index is 1320. The molecule has 0 bridgehead atoms. The Morgan fingerprint density at radius 3 is 2.56 bits per heavy atom. The second-order valence-electron chi connectivity index (χ2n) is 6.70. The van der Waals surface area contributed by atoms with Gasteiger partial charge in [-0.25, -0.2) is 9.97 Å². The molecule has 0 atom stereocenters. The number of methoxy groups -OCH3 is 1. The highest BCUT2D eigenvalue weighted by atomic mass is 32.1. The summed E-state index contributed by atoms with van der Waals surface area (Å²) in [6.45, 7) is -0.337. The molecule has 1 amide bonds. The molecule has 2 aromatic heterocycles. The molecule has 2 heterocycles. The molecular formula is C23H18N4O4S. The van der Waals surface area contributed by atoms with Crippen LogP contribution >= 0.6 is 11.3 Å². The van der Waals surface area contributed by atoms with Gasteiger partial charge in [0, 0.05) is 28.3 Å². The van der Waals surface area contributed by atoms with Crippen LogP contribution in [0.25, 0.3) is 22.0 Å². The van der Waals surface area contributed by atoms with Gasteiger partial charge in [-0.15, -0.1) is 11.3 Å². The molecule has 4 aromatic rings. The van der Waals surface area contributed by atoms with Crippen molar-refractivity contribution in [2.24, 2.45) is 0 Å². The Kier molecular flexibility index (Phi) is 6.18. The molecule has 0 spiro atoms. The van der Waals surface area contributed by atoms with Crippen molar-refractivity contribution in [3.63, 3.8) is 0 Å². The number of ether oxygens (including phenoxy) is 1. The number of thiazole rings is 1. The first-order chi connectivity index (χ1) is 15.6. The van der Waals surface area contributed by atoms with Crippen LogP contribution in [0.15, 0.2) is 77.2 Å². The van der Waals surface area contributed by atoms with E-state index in [-0.39, 0.29) is 12.2 Å². The van der Waals surface area contributed by atoms with Gasteiger partial charge in [-0.2, -0.15) is 0 Å². The van der Waals surface area contributed by atoms with Crippen molar-refractivity contribution in [3.05, 3.63) is 88.3 Å². The Balaban J connectivity index is 1.68. The quantitative estimate of drug-likeness (QED) is 0.455. The van der Waals surface area contributed by atoms with Crippen LogP contribution in [0.1, 0.15) is 10.4 Å². The average molecular weight is 446 g/mol. The highest BCUT2D eigenvalue weighted by molar-refractivity contribution is 7.13. The highest BCUT2D eigenvalue weighted by Gasteiger charge is 2.17. The number of nitrogens with one attached hydrogen (secondary N) is 1. The van der Waals surface area contributed by atoms with Gasteiger partial charge in [0.2, 0.25) is 0 Å². The maximum Gasteiger partial charge on any atom is 0.325 e. The summed E-state index contributed by atoms with van der Waals surface area (Å²) in [5.41, 5.74) is 1.21. The lowest BCUT2D eigenvalue weighted by Crippen LogP contribution is -2.30. The standard InChI is InChI=1S/C23H18N4O4S/c1-31-19(28)14-27-20(15-6-3-2-4-7-15)25-13-18(23(27)30)26-21(29)16-8-5-9-17(12-16)22-24-10-11-32-22/h2-13H,14H2,1H3,(H,26,29). The van der Waals surface area contributed by atoms with Gasteiger partial charge in [-0.1, -0.05) is 42.5 Å². The summed E-state index contributed by atoms with van der Waals surface area (Å²) < 4.78 is 5.90. The van der Waals surface area contributed by atoms with E-state index in [1.807, 2.05) is 17.5 Å². The number of amides is 1. The van der Waals surface area contributed by atoms with Crippen LogP contribution in [0.2, 0.25) is 0 Å². The number of carbonyl (C=O) groups is 2. The average Bonchev–Trinajstić information content (AvgIpc) is 3.37. The zero-order chi connectivity index (χ0) is 22.5. The molecule has 0 aliphatic carbocycles. The fourth-order valence-corrected chi connectivity index (χ4v) is 3.73. The van der Waals surface area contributed by atoms with Crippen molar-refractivity contribution >= 4 is 28.9 Å². The zero-order valence-electron chi connectivity index (χ0n) is 17.0. The molecule has 0 aliphatic heterocycles. The molecule has 0 radical (unpaired) electrons. The van der Waals surface area contributed by atoms with Crippen LogP contribution in [0.3, 0.4) is 0 Å². The largest absolute Gasteiger partial charge is 0.468 e. The summed E-state index contributed by atoms with van der Waals surface area (Å²) in [6, 6.07) is 15.9. The normalized spacial score (nSPS) is 10.5. The van der Waals surface area contributed by atoms with Crippen LogP contribution in [0, 0.1) is 0 Å². The Labute approximate surface area is 187 Å². The second kappa shape index (κ2) is 9.36. The number of anilines is 1. The minimum absolute atomic E-state index is 0.0433. The number of nitrogens with zero attached hydrogens (tertiary/aromatic N) is 3. The minimum atomic E-state index is -0.606. The van der Waals surface area contributed by atoms with Crippen LogP contribution < -0.4 is 10.9 Å². The van der Waals surface area contributed by atoms with E-state index in [9.17, 15) is 14.4 Å². The fourth-order valence-electron chi connectivity index (χ4n) is 3.09. The summed E-state index contributed by atoms with van der Waals surface area (Å²) in [4.78, 5) is 46.5. The van der Waals surface area contributed by atoms with Crippen molar-refractivity contribution in [2.75, 3.05) is 12.4 Å². The van der Waals surface area contributed by atoms with E-state index in [4.69, 9.17) is 4.74 Å². The van der Waals surface area contributed by atoms with E-state index in [0.29, 0.717) is 17.0 Å². The number of hydrogen-bond donors (Lipinski definition) is 1. The Morgan fingerprint density at radius 1 is 1.06 bits per heavy atom. The molecule has 9 heteroatoms. The lowest BCUT2D eigenvalue weighted by Gasteiger charge is -2.13. The predicted octanol–water partition coefficient (Wildman–Crippen LogP) is 3.46. The number of hydrogen-bond acceptors (Lipinski definition) is 7. The summed E-state index contributed by atoms with van der Waals surface area (Å²) in [5, 5.41) is 5.24. The van der Waals surface area contributed by atoms with Crippen LogP contribution in [-0.4, -0.2) is 33.5 Å². The number of aromatic nitrogens is 3. The van der Waals surface area contributed by atoms with Crippen molar-refractivity contribution < 1.29 is 14.3 Å². The van der Waals surface area contributed by atoms with Gasteiger partial charge in [-0.3, -0.25) is 19.0 Å². The molecule has 160 valence electrons. The van der Waals surface area contributed by atoms with Crippen molar-refractivity contribution in [1.29, 1.82) is 0 Å². The van der Waals surface area contributed by atoms with E-state index in [0.717, 1.165) is 10.6 Å². The van der Waals surface area contributed by atoms with Crippen LogP contribution in [0.5, 0.6) is 0 Å². The van der Waals surface area contributed by atoms with Crippen molar-refractivity contribution in [3.8, 4) is 22.0 Å². The van der Waals surface area contributed by atoms with Gasteiger partial charge >= 0.3 is 5.97 Å². The number of esters is 1. The first kappa shape index (κ1) is 21.1. The summed E-state index contributed by atoms with van der Waals surface area (Å²) in [6.07, 6.45) is 2.98. The Morgan fingerprint density at radius 2 is 1.84 bits per heavy atom. The predicted molar refractivity (Wildman–Crippen MR) is 121 cm³/mol. The molecule has 0 aliphatic rings. The molecule has 0 unspecified atom stereocenters. The topological polar surface area (TPSA) is 103 Å². The second-order valence-corrected chi connectivity index (χ2v) is 7.60. The molecule has 2 aromatic carbocycles. The molecule has 0 saturated heterocycles. The SMILES string of the molecule is COC(=O)Cn1c(-c2ccccc2)ncc(NC(=O)c2cccc(-c3nccs3)c2)c1=O. The van der Waals surface area contributed by atoms with Gasteiger partial charge in [-0.05, 0) is 12.1 Å². The summed E-state index contributed by atoms with van der Waals surface area (Å²) >= 11 is 1.46. The molecule has 1 N–H and O–H groups in total. The summed E-state index contributed by atoms with van der Waals surface area (Å²) in [5.74, 6) is -0.783. The minimum Gasteiger partial charge on any atom is -0.468 e. The molecule has 4 rings (SSSR count). The van der Waals surface area contributed by atoms with E-state index in [1.54, 1.807) is 48.7 Å². The van der Waals surface area contributed by atoms with Gasteiger partial charge in [0.05, 0.1) is 13.3 Å². The first-order valence-corrected chi connectivity index (χ1v) is 10.5.